The van der Waals surface area contributed by atoms with Crippen molar-refractivity contribution in [1.29, 1.82) is 0 Å². The van der Waals surface area contributed by atoms with E-state index in [9.17, 15) is 14.9 Å². The Balaban J connectivity index is 1.24. The Bertz CT molecular complexity index is 1750. The first-order valence-corrected chi connectivity index (χ1v) is 14.3. The number of nitro benzene ring substituents is 1. The number of imidazole rings is 1. The van der Waals surface area contributed by atoms with E-state index in [4.69, 9.17) is 9.97 Å². The van der Waals surface area contributed by atoms with Gasteiger partial charge in [0.25, 0.3) is 11.6 Å². The second kappa shape index (κ2) is 12.3. The smallest absolute Gasteiger partial charge is 0.269 e. The maximum absolute atomic E-state index is 13.1. The van der Waals surface area contributed by atoms with Gasteiger partial charge in [-0.3, -0.25) is 14.9 Å². The number of piperazine rings is 1. The van der Waals surface area contributed by atoms with Crippen molar-refractivity contribution in [2.75, 3.05) is 42.9 Å². The van der Waals surface area contributed by atoms with Crippen molar-refractivity contribution in [2.24, 2.45) is 0 Å². The van der Waals surface area contributed by atoms with E-state index in [-0.39, 0.29) is 11.6 Å². The highest BCUT2D eigenvalue weighted by Crippen LogP contribution is 2.25. The van der Waals surface area contributed by atoms with Crippen LogP contribution in [0.25, 0.3) is 11.2 Å². The standard InChI is InChI=1S/C32H32N8O3/c1-23-6-5-9-26(20-23)31(41)37-16-18-38(19-17-37)32-35-29(33-15-14-24-7-3-2-4-8-24)28-30(36-32)39(22-34-28)21-25-10-12-27(13-11-25)40(42)43/h2-13,20,22H,14-19,21H2,1H3,(H,33,35,36). The van der Waals surface area contributed by atoms with Crippen LogP contribution < -0.4 is 10.2 Å². The molecule has 3 aromatic carbocycles. The summed E-state index contributed by atoms with van der Waals surface area (Å²) in [4.78, 5) is 42.3. The van der Waals surface area contributed by atoms with Gasteiger partial charge in [0.2, 0.25) is 5.95 Å². The molecule has 1 aliphatic rings. The summed E-state index contributed by atoms with van der Waals surface area (Å²) in [7, 11) is 0. The summed E-state index contributed by atoms with van der Waals surface area (Å²) in [6, 6.07) is 24.4. The minimum atomic E-state index is -0.405. The molecule has 0 atom stereocenters. The number of benzene rings is 3. The van der Waals surface area contributed by atoms with Gasteiger partial charge in [-0.05, 0) is 36.6 Å². The average molecular weight is 577 g/mol. The maximum Gasteiger partial charge on any atom is 0.269 e. The zero-order valence-corrected chi connectivity index (χ0v) is 23.9. The molecule has 2 aromatic heterocycles. The molecule has 0 saturated carbocycles. The largest absolute Gasteiger partial charge is 0.368 e. The van der Waals surface area contributed by atoms with Gasteiger partial charge in [-0.15, -0.1) is 0 Å². The number of aryl methyl sites for hydroxylation is 1. The molecule has 0 radical (unpaired) electrons. The van der Waals surface area contributed by atoms with Crippen LogP contribution in [-0.2, 0) is 13.0 Å². The van der Waals surface area contributed by atoms with E-state index in [1.54, 1.807) is 18.5 Å². The van der Waals surface area contributed by atoms with Gasteiger partial charge in [0.1, 0.15) is 0 Å². The van der Waals surface area contributed by atoms with Crippen LogP contribution in [0.15, 0.2) is 85.2 Å². The quantitative estimate of drug-likeness (QED) is 0.198. The van der Waals surface area contributed by atoms with Crippen LogP contribution in [-0.4, -0.2) is 68.0 Å². The molecule has 3 heterocycles. The fourth-order valence-corrected chi connectivity index (χ4v) is 5.27. The van der Waals surface area contributed by atoms with Crippen molar-refractivity contribution < 1.29 is 9.72 Å². The normalized spacial score (nSPS) is 13.3. The molecular weight excluding hydrogens is 544 g/mol. The van der Waals surface area contributed by atoms with Crippen LogP contribution in [0.4, 0.5) is 17.5 Å². The van der Waals surface area contributed by atoms with Gasteiger partial charge in [-0.2, -0.15) is 9.97 Å². The van der Waals surface area contributed by atoms with Gasteiger partial charge < -0.3 is 19.7 Å². The highest BCUT2D eigenvalue weighted by molar-refractivity contribution is 5.94. The zero-order valence-electron chi connectivity index (χ0n) is 23.9. The SMILES string of the molecule is Cc1cccc(C(=O)N2CCN(c3nc(NCCc4ccccc4)c4ncn(Cc5ccc([N+](=O)[O-])cc5)c4n3)CC2)c1. The topological polar surface area (TPSA) is 122 Å². The van der Waals surface area contributed by atoms with E-state index in [1.807, 2.05) is 58.9 Å². The van der Waals surface area contributed by atoms with Gasteiger partial charge in [-0.1, -0.05) is 60.2 Å². The van der Waals surface area contributed by atoms with Crippen molar-refractivity contribution in [3.8, 4) is 0 Å². The molecule has 0 unspecified atom stereocenters. The van der Waals surface area contributed by atoms with Crippen molar-refractivity contribution in [1.82, 2.24) is 24.4 Å². The third-order valence-electron chi connectivity index (χ3n) is 7.62. The van der Waals surface area contributed by atoms with Crippen LogP contribution in [0.3, 0.4) is 0 Å². The summed E-state index contributed by atoms with van der Waals surface area (Å²) >= 11 is 0. The lowest BCUT2D eigenvalue weighted by atomic mass is 10.1. The van der Waals surface area contributed by atoms with E-state index in [1.165, 1.54) is 17.7 Å². The number of anilines is 2. The van der Waals surface area contributed by atoms with Crippen molar-refractivity contribution in [3.05, 3.63) is 118 Å². The Labute approximate surface area is 249 Å². The summed E-state index contributed by atoms with van der Waals surface area (Å²) in [5.74, 6) is 1.25. The van der Waals surface area contributed by atoms with Crippen LogP contribution in [0, 0.1) is 17.0 Å². The fraction of sp³-hybridized carbons (Fsp3) is 0.250. The number of fused-ring (bicyclic) bond motifs is 1. The molecule has 0 bridgehead atoms. The van der Waals surface area contributed by atoms with Crippen molar-refractivity contribution >= 4 is 34.5 Å². The highest BCUT2D eigenvalue weighted by atomic mass is 16.6. The summed E-state index contributed by atoms with van der Waals surface area (Å²) in [5, 5.41) is 14.6. The Morgan fingerprint density at radius 3 is 2.42 bits per heavy atom. The molecule has 0 spiro atoms. The number of rotatable bonds is 9. The van der Waals surface area contributed by atoms with E-state index in [2.05, 4.69) is 27.3 Å². The molecule has 1 saturated heterocycles. The Hall–Kier alpha value is -5.32. The summed E-state index contributed by atoms with van der Waals surface area (Å²) in [5.41, 5.74) is 5.25. The molecule has 0 aliphatic carbocycles. The summed E-state index contributed by atoms with van der Waals surface area (Å²) < 4.78 is 1.93. The van der Waals surface area contributed by atoms with E-state index >= 15 is 0 Å². The van der Waals surface area contributed by atoms with Gasteiger partial charge in [0.15, 0.2) is 17.0 Å². The minimum absolute atomic E-state index is 0.0316. The molecule has 5 aromatic rings. The van der Waals surface area contributed by atoms with E-state index in [0.29, 0.717) is 67.8 Å². The number of nitrogens with one attached hydrogen (secondary N) is 1. The number of hydrogen-bond acceptors (Lipinski definition) is 8. The third kappa shape index (κ3) is 6.30. The van der Waals surface area contributed by atoms with Gasteiger partial charge in [0, 0.05) is 50.4 Å². The Morgan fingerprint density at radius 1 is 0.930 bits per heavy atom. The molecule has 218 valence electrons. The second-order valence-corrected chi connectivity index (χ2v) is 10.7. The number of nitrogens with zero attached hydrogens (tertiary/aromatic N) is 7. The third-order valence-corrected chi connectivity index (χ3v) is 7.62. The molecule has 11 nitrogen and oxygen atoms in total. The average Bonchev–Trinajstić information content (AvgIpc) is 3.44. The Morgan fingerprint density at radius 2 is 1.70 bits per heavy atom. The minimum Gasteiger partial charge on any atom is -0.368 e. The first-order valence-electron chi connectivity index (χ1n) is 14.3. The van der Waals surface area contributed by atoms with Gasteiger partial charge >= 0.3 is 0 Å². The lowest BCUT2D eigenvalue weighted by Gasteiger charge is -2.35. The highest BCUT2D eigenvalue weighted by Gasteiger charge is 2.25. The molecule has 11 heteroatoms. The molecule has 1 N–H and O–H groups in total. The number of aromatic nitrogens is 4. The number of non-ortho nitro benzene ring substituents is 1. The van der Waals surface area contributed by atoms with Crippen LogP contribution in [0.2, 0.25) is 0 Å². The lowest BCUT2D eigenvalue weighted by Crippen LogP contribution is -2.49. The first kappa shape index (κ1) is 27.8. The molecule has 6 rings (SSSR count). The fourth-order valence-electron chi connectivity index (χ4n) is 5.27. The van der Waals surface area contributed by atoms with E-state index in [0.717, 1.165) is 17.5 Å². The van der Waals surface area contributed by atoms with Crippen molar-refractivity contribution in [3.63, 3.8) is 0 Å². The van der Waals surface area contributed by atoms with Crippen molar-refractivity contribution in [2.45, 2.75) is 19.9 Å². The number of carbonyl (C=O) groups excluding carboxylic acids is 1. The van der Waals surface area contributed by atoms with Crippen LogP contribution in [0.1, 0.15) is 27.0 Å². The molecular formula is C32H32N8O3. The molecule has 1 fully saturated rings. The number of amides is 1. The predicted octanol–water partition coefficient (Wildman–Crippen LogP) is 4.71. The number of hydrogen-bond donors (Lipinski definition) is 1. The maximum atomic E-state index is 13.1. The lowest BCUT2D eigenvalue weighted by molar-refractivity contribution is -0.384. The number of carbonyl (C=O) groups is 1. The first-order chi connectivity index (χ1) is 20.9. The second-order valence-electron chi connectivity index (χ2n) is 10.7. The van der Waals surface area contributed by atoms with E-state index < -0.39 is 4.92 Å². The summed E-state index contributed by atoms with van der Waals surface area (Å²) in [6.45, 7) is 5.43. The molecule has 43 heavy (non-hydrogen) atoms. The van der Waals surface area contributed by atoms with Crippen LogP contribution >= 0.6 is 0 Å². The van der Waals surface area contributed by atoms with Crippen LogP contribution in [0.5, 0.6) is 0 Å². The van der Waals surface area contributed by atoms with Gasteiger partial charge in [-0.25, -0.2) is 4.98 Å². The monoisotopic (exact) mass is 576 g/mol. The number of nitro groups is 1. The van der Waals surface area contributed by atoms with Gasteiger partial charge in [0.05, 0.1) is 17.8 Å². The molecule has 1 amide bonds. The predicted molar refractivity (Wildman–Crippen MR) is 165 cm³/mol. The summed E-state index contributed by atoms with van der Waals surface area (Å²) in [6.07, 6.45) is 2.55. The molecule has 1 aliphatic heterocycles. The zero-order chi connectivity index (χ0) is 29.8. The Kier molecular flexibility index (Phi) is 7.94.